The Morgan fingerprint density at radius 1 is 1.60 bits per heavy atom. The molecule has 1 fully saturated rings. The van der Waals surface area contributed by atoms with Crippen LogP contribution in [-0.4, -0.2) is 17.0 Å². The van der Waals surface area contributed by atoms with Crippen LogP contribution in [0.5, 0.6) is 0 Å². The summed E-state index contributed by atoms with van der Waals surface area (Å²) >= 11 is 2.04. The Bertz CT molecular complexity index is 102. The Morgan fingerprint density at radius 2 is 2.20 bits per heavy atom. The van der Waals surface area contributed by atoms with Crippen molar-refractivity contribution < 1.29 is 0 Å². The minimum Gasteiger partial charge on any atom is -0.329 e. The van der Waals surface area contributed by atoms with Gasteiger partial charge in [0.1, 0.15) is 0 Å². The summed E-state index contributed by atoms with van der Waals surface area (Å²) in [5, 5.41) is 0. The summed E-state index contributed by atoms with van der Waals surface area (Å²) in [6, 6.07) is 0. The predicted molar refractivity (Wildman–Crippen MR) is 48.3 cm³/mol. The SMILES string of the molecule is CCSC1(CN)CC(C)C1. The van der Waals surface area contributed by atoms with Crippen molar-refractivity contribution in [1.82, 2.24) is 0 Å². The molecule has 0 unspecified atom stereocenters. The summed E-state index contributed by atoms with van der Waals surface area (Å²) in [4.78, 5) is 0. The van der Waals surface area contributed by atoms with Crippen LogP contribution in [0.2, 0.25) is 0 Å². The fraction of sp³-hybridized carbons (Fsp3) is 1.00. The molecule has 0 amide bonds. The average molecular weight is 159 g/mol. The summed E-state index contributed by atoms with van der Waals surface area (Å²) in [6.07, 6.45) is 2.67. The van der Waals surface area contributed by atoms with Crippen LogP contribution in [0.15, 0.2) is 0 Å². The van der Waals surface area contributed by atoms with Crippen molar-refractivity contribution in [2.75, 3.05) is 12.3 Å². The lowest BCUT2D eigenvalue weighted by Crippen LogP contribution is -2.46. The molecule has 0 aromatic heterocycles. The first-order chi connectivity index (χ1) is 4.72. The van der Waals surface area contributed by atoms with Gasteiger partial charge in [-0.05, 0) is 24.5 Å². The lowest BCUT2D eigenvalue weighted by molar-refractivity contribution is 0.257. The van der Waals surface area contributed by atoms with Crippen LogP contribution in [0, 0.1) is 5.92 Å². The second-order valence-electron chi connectivity index (χ2n) is 3.33. The van der Waals surface area contributed by atoms with E-state index in [-0.39, 0.29) is 0 Å². The Hall–Kier alpha value is 0.310. The standard InChI is InChI=1S/C8H17NS/c1-3-10-8(6-9)4-7(2)5-8/h7H,3-6,9H2,1-2H3. The summed E-state index contributed by atoms with van der Waals surface area (Å²) in [6.45, 7) is 5.39. The molecule has 0 aromatic carbocycles. The van der Waals surface area contributed by atoms with Crippen LogP contribution in [0.1, 0.15) is 26.7 Å². The largest absolute Gasteiger partial charge is 0.329 e. The van der Waals surface area contributed by atoms with Gasteiger partial charge in [0, 0.05) is 11.3 Å². The quantitative estimate of drug-likeness (QED) is 0.680. The molecule has 0 bridgehead atoms. The monoisotopic (exact) mass is 159 g/mol. The molecule has 10 heavy (non-hydrogen) atoms. The molecule has 1 aliphatic carbocycles. The second kappa shape index (κ2) is 3.14. The van der Waals surface area contributed by atoms with E-state index in [1.165, 1.54) is 18.6 Å². The molecule has 0 saturated heterocycles. The summed E-state index contributed by atoms with van der Waals surface area (Å²) < 4.78 is 0.480. The number of rotatable bonds is 3. The van der Waals surface area contributed by atoms with E-state index < -0.39 is 0 Å². The molecule has 0 spiro atoms. The predicted octanol–water partition coefficient (Wildman–Crippen LogP) is 1.87. The normalized spacial score (nSPS) is 39.3. The minimum absolute atomic E-state index is 0.480. The lowest BCUT2D eigenvalue weighted by Gasteiger charge is -2.45. The smallest absolute Gasteiger partial charge is 0.0287 e. The number of hydrogen-bond donors (Lipinski definition) is 1. The number of nitrogens with two attached hydrogens (primary N) is 1. The van der Waals surface area contributed by atoms with E-state index in [1.54, 1.807) is 0 Å². The van der Waals surface area contributed by atoms with Crippen molar-refractivity contribution in [2.24, 2.45) is 11.7 Å². The topological polar surface area (TPSA) is 26.0 Å². The Morgan fingerprint density at radius 3 is 2.50 bits per heavy atom. The van der Waals surface area contributed by atoms with Crippen LogP contribution in [-0.2, 0) is 0 Å². The van der Waals surface area contributed by atoms with Crippen molar-refractivity contribution in [2.45, 2.75) is 31.4 Å². The molecule has 1 rings (SSSR count). The van der Waals surface area contributed by atoms with Gasteiger partial charge in [0.15, 0.2) is 0 Å². The highest BCUT2D eigenvalue weighted by atomic mass is 32.2. The van der Waals surface area contributed by atoms with Crippen molar-refractivity contribution in [1.29, 1.82) is 0 Å². The van der Waals surface area contributed by atoms with Gasteiger partial charge in [-0.3, -0.25) is 0 Å². The second-order valence-corrected chi connectivity index (χ2v) is 5.07. The zero-order valence-electron chi connectivity index (χ0n) is 6.89. The number of thioether (sulfide) groups is 1. The fourth-order valence-electron chi connectivity index (χ4n) is 1.86. The van der Waals surface area contributed by atoms with Gasteiger partial charge in [-0.15, -0.1) is 0 Å². The maximum atomic E-state index is 5.70. The highest BCUT2D eigenvalue weighted by Gasteiger charge is 2.40. The maximum absolute atomic E-state index is 5.70. The molecule has 1 nitrogen and oxygen atoms in total. The highest BCUT2D eigenvalue weighted by molar-refractivity contribution is 8.00. The molecular formula is C8H17NS. The van der Waals surface area contributed by atoms with Crippen LogP contribution in [0.25, 0.3) is 0 Å². The van der Waals surface area contributed by atoms with Gasteiger partial charge < -0.3 is 5.73 Å². The molecule has 60 valence electrons. The molecule has 0 heterocycles. The first-order valence-corrected chi connectivity index (χ1v) is 5.05. The highest BCUT2D eigenvalue weighted by Crippen LogP contribution is 2.46. The average Bonchev–Trinajstić information content (AvgIpc) is 1.84. The van der Waals surface area contributed by atoms with Gasteiger partial charge in [-0.1, -0.05) is 13.8 Å². The molecular weight excluding hydrogens is 142 g/mol. The van der Waals surface area contributed by atoms with Gasteiger partial charge in [-0.25, -0.2) is 0 Å². The van der Waals surface area contributed by atoms with Crippen molar-refractivity contribution in [3.63, 3.8) is 0 Å². The Labute approximate surface area is 67.8 Å². The van der Waals surface area contributed by atoms with E-state index in [4.69, 9.17) is 5.73 Å². The van der Waals surface area contributed by atoms with Gasteiger partial charge in [0.2, 0.25) is 0 Å². The maximum Gasteiger partial charge on any atom is 0.0287 e. The van der Waals surface area contributed by atoms with Crippen molar-refractivity contribution in [3.8, 4) is 0 Å². The van der Waals surface area contributed by atoms with E-state index in [0.717, 1.165) is 12.5 Å². The summed E-state index contributed by atoms with van der Waals surface area (Å²) in [7, 11) is 0. The zero-order valence-corrected chi connectivity index (χ0v) is 7.71. The lowest BCUT2D eigenvalue weighted by atomic mass is 9.75. The first-order valence-electron chi connectivity index (χ1n) is 4.06. The van der Waals surface area contributed by atoms with Crippen LogP contribution < -0.4 is 5.73 Å². The molecule has 1 aliphatic rings. The van der Waals surface area contributed by atoms with Crippen LogP contribution >= 0.6 is 11.8 Å². The Balaban J connectivity index is 2.32. The zero-order chi connectivity index (χ0) is 7.61. The molecule has 1 saturated carbocycles. The molecule has 0 radical (unpaired) electrons. The molecule has 0 aromatic rings. The van der Waals surface area contributed by atoms with Gasteiger partial charge >= 0.3 is 0 Å². The van der Waals surface area contributed by atoms with Crippen molar-refractivity contribution in [3.05, 3.63) is 0 Å². The number of hydrogen-bond acceptors (Lipinski definition) is 2. The van der Waals surface area contributed by atoms with Gasteiger partial charge in [0.25, 0.3) is 0 Å². The molecule has 2 heteroatoms. The fourth-order valence-corrected chi connectivity index (χ4v) is 3.39. The summed E-state index contributed by atoms with van der Waals surface area (Å²) in [5.74, 6) is 2.13. The third-order valence-electron chi connectivity index (χ3n) is 2.26. The van der Waals surface area contributed by atoms with E-state index >= 15 is 0 Å². The van der Waals surface area contributed by atoms with Crippen molar-refractivity contribution >= 4 is 11.8 Å². The van der Waals surface area contributed by atoms with E-state index in [9.17, 15) is 0 Å². The van der Waals surface area contributed by atoms with E-state index in [2.05, 4.69) is 13.8 Å². The van der Waals surface area contributed by atoms with Crippen LogP contribution in [0.3, 0.4) is 0 Å². The van der Waals surface area contributed by atoms with Gasteiger partial charge in [-0.2, -0.15) is 11.8 Å². The third kappa shape index (κ3) is 1.48. The minimum atomic E-state index is 0.480. The molecule has 0 aliphatic heterocycles. The van der Waals surface area contributed by atoms with E-state index in [1.807, 2.05) is 11.8 Å². The van der Waals surface area contributed by atoms with Crippen LogP contribution in [0.4, 0.5) is 0 Å². The Kier molecular flexibility index (Phi) is 2.64. The third-order valence-corrected chi connectivity index (χ3v) is 3.66. The summed E-state index contributed by atoms with van der Waals surface area (Å²) in [5.41, 5.74) is 5.70. The molecule has 2 N–H and O–H groups in total. The van der Waals surface area contributed by atoms with E-state index in [0.29, 0.717) is 4.75 Å². The van der Waals surface area contributed by atoms with Gasteiger partial charge in [0.05, 0.1) is 0 Å². The first kappa shape index (κ1) is 8.41. The molecule has 0 atom stereocenters.